The molecule has 2 aliphatic carbocycles. The van der Waals surface area contributed by atoms with E-state index in [1.165, 1.54) is 7.94 Å². The molecule has 4 aromatic carbocycles. The predicted octanol–water partition coefficient (Wildman–Crippen LogP) is 8.59. The molecular formula is C50H54N2O10S2. The highest BCUT2D eigenvalue weighted by molar-refractivity contribution is 7.90. The average molecular weight is 907 g/mol. The zero-order valence-corrected chi connectivity index (χ0v) is 38.0. The lowest BCUT2D eigenvalue weighted by Gasteiger charge is -2.28. The number of para-hydroxylation sites is 2. The third kappa shape index (κ3) is 9.51. The molecule has 0 unspecified atom stereocenters. The maximum atomic E-state index is 13.4. The van der Waals surface area contributed by atoms with Crippen LogP contribution < -0.4 is 0 Å². The highest BCUT2D eigenvalue weighted by Crippen LogP contribution is 2.36. The molecule has 12 nitrogen and oxygen atoms in total. The van der Waals surface area contributed by atoms with Crippen molar-refractivity contribution in [3.05, 3.63) is 143 Å². The summed E-state index contributed by atoms with van der Waals surface area (Å²) in [7, 11) is -7.59. The molecule has 0 saturated heterocycles. The number of aliphatic hydroxyl groups is 2. The van der Waals surface area contributed by atoms with E-state index < -0.39 is 56.0 Å². The maximum absolute atomic E-state index is 13.4. The Morgan fingerprint density at radius 3 is 1.31 bits per heavy atom. The summed E-state index contributed by atoms with van der Waals surface area (Å²) in [6.45, 7) is 7.84. The second kappa shape index (κ2) is 19.5. The number of hydrogen-bond donors (Lipinski definition) is 2. The van der Waals surface area contributed by atoms with Crippen molar-refractivity contribution in [1.82, 2.24) is 7.94 Å². The minimum atomic E-state index is -3.80. The Hall–Kier alpha value is -5.80. The number of ether oxygens (including phenoxy) is 2. The Labute approximate surface area is 374 Å². The second-order valence-corrected chi connectivity index (χ2v) is 19.9. The van der Waals surface area contributed by atoms with E-state index in [9.17, 15) is 36.6 Å². The van der Waals surface area contributed by atoms with Gasteiger partial charge in [-0.2, -0.15) is 0 Å². The quantitative estimate of drug-likeness (QED) is 0.127. The minimum Gasteiger partial charge on any atom is -0.466 e. The molecule has 0 amide bonds. The van der Waals surface area contributed by atoms with Gasteiger partial charge in [-0.25, -0.2) is 24.8 Å². The zero-order valence-electron chi connectivity index (χ0n) is 36.4. The standard InChI is InChI=1S/2C25H27NO5S/c2*1-3-31-25(28)22-9-6-7-18(24(22)27)15-19-16-26(23-10-5-4-8-21(19)23)32(29,30)20-13-11-17(2)12-14-20/h2*4-5,8,10-16,22,24,27H,3,6-7,9H2,1-2H3/b2*18-15+/t2*22-,24+/m00/s1. The fourth-order valence-corrected chi connectivity index (χ4v) is 11.3. The van der Waals surface area contributed by atoms with Crippen LogP contribution in [0.5, 0.6) is 0 Å². The first-order valence-corrected chi connectivity index (χ1v) is 24.5. The van der Waals surface area contributed by atoms with Gasteiger partial charge in [0, 0.05) is 34.3 Å². The molecule has 64 heavy (non-hydrogen) atoms. The van der Waals surface area contributed by atoms with Gasteiger partial charge in [0.15, 0.2) is 0 Å². The molecule has 0 spiro atoms. The molecule has 2 aromatic heterocycles. The van der Waals surface area contributed by atoms with Gasteiger partial charge in [0.05, 0.1) is 58.1 Å². The van der Waals surface area contributed by atoms with Crippen LogP contribution in [-0.2, 0) is 39.1 Å². The summed E-state index contributed by atoms with van der Waals surface area (Å²) in [5.74, 6) is -1.98. The number of esters is 2. The normalized spacial score (nSPS) is 20.5. The van der Waals surface area contributed by atoms with E-state index in [-0.39, 0.29) is 23.0 Å². The number of nitrogens with zero attached hydrogens (tertiary/aromatic N) is 2. The van der Waals surface area contributed by atoms with E-state index in [1.54, 1.807) is 99.0 Å². The smallest absolute Gasteiger partial charge is 0.311 e. The zero-order chi connectivity index (χ0) is 45.8. The number of carbonyl (C=O) groups excluding carboxylic acids is 2. The van der Waals surface area contributed by atoms with Gasteiger partial charge in [0.2, 0.25) is 0 Å². The van der Waals surface area contributed by atoms with Crippen molar-refractivity contribution in [3.8, 4) is 0 Å². The Bertz CT molecular complexity index is 2740. The summed E-state index contributed by atoms with van der Waals surface area (Å²) in [5.41, 5.74) is 5.89. The molecule has 0 radical (unpaired) electrons. The van der Waals surface area contributed by atoms with Crippen LogP contribution in [0.4, 0.5) is 0 Å². The van der Waals surface area contributed by atoms with E-state index in [4.69, 9.17) is 9.47 Å². The molecule has 4 atom stereocenters. The van der Waals surface area contributed by atoms with Crippen molar-refractivity contribution in [2.24, 2.45) is 11.8 Å². The van der Waals surface area contributed by atoms with Crippen molar-refractivity contribution >= 4 is 65.9 Å². The summed E-state index contributed by atoms with van der Waals surface area (Å²) in [6, 6.07) is 28.1. The molecule has 2 N–H and O–H groups in total. The molecule has 0 aliphatic heterocycles. The number of aromatic nitrogens is 2. The number of hydrogen-bond acceptors (Lipinski definition) is 10. The first-order chi connectivity index (χ1) is 30.6. The molecule has 8 rings (SSSR count). The summed E-state index contributed by atoms with van der Waals surface area (Å²) in [5, 5.41) is 23.2. The number of aryl methyl sites for hydroxylation is 2. The number of benzene rings is 4. The lowest BCUT2D eigenvalue weighted by Crippen LogP contribution is -2.34. The molecule has 6 aromatic rings. The number of aliphatic hydroxyl groups excluding tert-OH is 2. The van der Waals surface area contributed by atoms with Crippen molar-refractivity contribution in [1.29, 1.82) is 0 Å². The fourth-order valence-electron chi connectivity index (χ4n) is 8.51. The summed E-state index contributed by atoms with van der Waals surface area (Å²) in [4.78, 5) is 24.9. The van der Waals surface area contributed by atoms with Gasteiger partial charge >= 0.3 is 11.9 Å². The summed E-state index contributed by atoms with van der Waals surface area (Å²) in [6.07, 6.45) is 8.86. The molecule has 2 heterocycles. The van der Waals surface area contributed by atoms with E-state index >= 15 is 0 Å². The minimum absolute atomic E-state index is 0.211. The van der Waals surface area contributed by atoms with E-state index in [1.807, 2.05) is 50.3 Å². The molecular weight excluding hydrogens is 853 g/mol. The molecule has 2 aliphatic rings. The SMILES string of the molecule is CCOC(=O)[C@H]1CCC/C(=C\c2cn(S(=O)(=O)c3ccc(C)cc3)c3ccccc23)[C@H]1O.CCOC(=O)[C@H]1CCC/C(=C\c2cn(S(=O)(=O)c3ccc(C)cc3)c3ccccc23)[C@H]1O. The molecule has 2 saturated carbocycles. The van der Waals surface area contributed by atoms with Gasteiger partial charge in [-0.3, -0.25) is 9.59 Å². The molecule has 2 fully saturated rings. The largest absolute Gasteiger partial charge is 0.466 e. The highest BCUT2D eigenvalue weighted by Gasteiger charge is 2.35. The van der Waals surface area contributed by atoms with Gasteiger partial charge in [-0.05, 0) is 114 Å². The van der Waals surface area contributed by atoms with Gasteiger partial charge in [0.1, 0.15) is 0 Å². The Balaban J connectivity index is 0.000000191. The van der Waals surface area contributed by atoms with Crippen LogP contribution in [0.2, 0.25) is 0 Å². The lowest BCUT2D eigenvalue weighted by atomic mass is 9.82. The van der Waals surface area contributed by atoms with E-state index in [2.05, 4.69) is 0 Å². The lowest BCUT2D eigenvalue weighted by molar-refractivity contribution is -0.153. The number of carbonyl (C=O) groups is 2. The molecule has 0 bridgehead atoms. The maximum Gasteiger partial charge on any atom is 0.311 e. The van der Waals surface area contributed by atoms with Crippen LogP contribution in [-0.4, -0.2) is 72.4 Å². The molecule has 14 heteroatoms. The summed E-state index contributed by atoms with van der Waals surface area (Å²) >= 11 is 0. The second-order valence-electron chi connectivity index (χ2n) is 16.3. The van der Waals surface area contributed by atoms with E-state index in [0.29, 0.717) is 59.0 Å². The van der Waals surface area contributed by atoms with Gasteiger partial charge in [-0.1, -0.05) is 83.9 Å². The Morgan fingerprint density at radius 2 is 0.953 bits per heavy atom. The predicted molar refractivity (Wildman–Crippen MR) is 247 cm³/mol. The van der Waals surface area contributed by atoms with Gasteiger partial charge in [-0.15, -0.1) is 0 Å². The monoisotopic (exact) mass is 906 g/mol. The van der Waals surface area contributed by atoms with Crippen molar-refractivity contribution in [2.45, 2.75) is 88.2 Å². The van der Waals surface area contributed by atoms with Crippen molar-refractivity contribution in [2.75, 3.05) is 13.2 Å². The van der Waals surface area contributed by atoms with Crippen LogP contribution in [0.15, 0.2) is 130 Å². The number of rotatable bonds is 10. The average Bonchev–Trinajstić information content (AvgIpc) is 3.85. The Kier molecular flexibility index (Phi) is 14.1. The fraction of sp³-hybridized carbons (Fsp3) is 0.320. The third-order valence-electron chi connectivity index (χ3n) is 11.9. The van der Waals surface area contributed by atoms with Crippen LogP contribution in [0.25, 0.3) is 34.0 Å². The van der Waals surface area contributed by atoms with Crippen molar-refractivity contribution in [3.63, 3.8) is 0 Å². The third-order valence-corrected chi connectivity index (χ3v) is 15.3. The molecule has 336 valence electrons. The van der Waals surface area contributed by atoms with Crippen LogP contribution in [0.3, 0.4) is 0 Å². The first-order valence-electron chi connectivity index (χ1n) is 21.6. The first kappa shape index (κ1) is 46.2. The van der Waals surface area contributed by atoms with Crippen LogP contribution in [0.1, 0.15) is 74.6 Å². The van der Waals surface area contributed by atoms with Crippen molar-refractivity contribution < 1.29 is 46.1 Å². The highest BCUT2D eigenvalue weighted by atomic mass is 32.2. The van der Waals surface area contributed by atoms with Crippen LogP contribution in [0, 0.1) is 25.7 Å². The number of fused-ring (bicyclic) bond motifs is 2. The Morgan fingerprint density at radius 1 is 0.594 bits per heavy atom. The summed E-state index contributed by atoms with van der Waals surface area (Å²) < 4.78 is 66.3. The van der Waals surface area contributed by atoms with E-state index in [0.717, 1.165) is 34.7 Å². The van der Waals surface area contributed by atoms with Gasteiger partial charge in [0.25, 0.3) is 20.0 Å². The van der Waals surface area contributed by atoms with Gasteiger partial charge < -0.3 is 19.7 Å². The van der Waals surface area contributed by atoms with Crippen LogP contribution >= 0.6 is 0 Å². The topological polar surface area (TPSA) is 171 Å².